The van der Waals surface area contributed by atoms with Crippen LogP contribution < -0.4 is 5.32 Å². The molecular formula is C23H27Cl3N2O2S. The lowest BCUT2D eigenvalue weighted by Gasteiger charge is -2.31. The van der Waals surface area contributed by atoms with E-state index in [2.05, 4.69) is 5.32 Å². The maximum Gasteiger partial charge on any atom is 0.242 e. The Kier molecular flexibility index (Phi) is 9.56. The molecule has 8 heteroatoms. The van der Waals surface area contributed by atoms with Crippen molar-refractivity contribution < 1.29 is 9.59 Å². The van der Waals surface area contributed by atoms with Crippen molar-refractivity contribution >= 4 is 58.4 Å². The van der Waals surface area contributed by atoms with Crippen molar-refractivity contribution in [3.63, 3.8) is 0 Å². The molecule has 0 saturated heterocycles. The van der Waals surface area contributed by atoms with Crippen LogP contribution in [0.5, 0.6) is 0 Å². The lowest BCUT2D eigenvalue weighted by molar-refractivity contribution is -0.139. The Morgan fingerprint density at radius 2 is 1.71 bits per heavy atom. The van der Waals surface area contributed by atoms with Crippen molar-refractivity contribution in [1.29, 1.82) is 0 Å². The van der Waals surface area contributed by atoms with Crippen molar-refractivity contribution in [1.82, 2.24) is 10.2 Å². The number of hydrogen-bond acceptors (Lipinski definition) is 3. The summed E-state index contributed by atoms with van der Waals surface area (Å²) in [5.74, 6) is 0.408. The number of rotatable bonds is 8. The van der Waals surface area contributed by atoms with Gasteiger partial charge in [0.15, 0.2) is 0 Å². The van der Waals surface area contributed by atoms with Crippen LogP contribution in [0.3, 0.4) is 0 Å². The Hall–Kier alpha value is -1.40. The zero-order valence-corrected chi connectivity index (χ0v) is 21.1. The molecule has 0 aliphatic heterocycles. The highest BCUT2D eigenvalue weighted by Crippen LogP contribution is 2.25. The van der Waals surface area contributed by atoms with E-state index in [9.17, 15) is 9.59 Å². The molecule has 2 aromatic rings. The van der Waals surface area contributed by atoms with Crippen LogP contribution in [-0.2, 0) is 21.9 Å². The van der Waals surface area contributed by atoms with Gasteiger partial charge in [-0.2, -0.15) is 0 Å². The Morgan fingerprint density at radius 1 is 1.03 bits per heavy atom. The van der Waals surface area contributed by atoms with E-state index in [4.69, 9.17) is 34.8 Å². The van der Waals surface area contributed by atoms with E-state index in [1.54, 1.807) is 30.0 Å². The molecule has 0 saturated carbocycles. The maximum atomic E-state index is 13.1. The lowest BCUT2D eigenvalue weighted by atomic mass is 10.1. The predicted molar refractivity (Wildman–Crippen MR) is 132 cm³/mol. The van der Waals surface area contributed by atoms with Crippen molar-refractivity contribution in [2.24, 2.45) is 0 Å². The van der Waals surface area contributed by atoms with Crippen molar-refractivity contribution in [3.05, 3.63) is 68.7 Å². The molecule has 1 atom stereocenters. The van der Waals surface area contributed by atoms with Crippen LogP contribution in [0, 0.1) is 0 Å². The summed E-state index contributed by atoms with van der Waals surface area (Å²) in [7, 11) is 0. The number of carbonyl (C=O) groups is 2. The van der Waals surface area contributed by atoms with Crippen LogP contribution in [0.4, 0.5) is 0 Å². The Morgan fingerprint density at radius 3 is 2.32 bits per heavy atom. The van der Waals surface area contributed by atoms with Crippen LogP contribution >= 0.6 is 46.6 Å². The standard InChI is InChI=1S/C23H27Cl3N2O2S/c1-15(22(30)27-23(2,3)4)28(12-16-7-5-6-8-19(16)25)21(29)14-31-13-17-9-10-18(24)11-20(17)26/h5-11,15H,12-14H2,1-4H3,(H,27,30)/t15-/m1/s1. The van der Waals surface area contributed by atoms with Crippen molar-refractivity contribution in [2.45, 2.75) is 51.6 Å². The van der Waals surface area contributed by atoms with E-state index in [1.807, 2.05) is 45.0 Å². The summed E-state index contributed by atoms with van der Waals surface area (Å²) < 4.78 is 0. The number of benzene rings is 2. The zero-order valence-electron chi connectivity index (χ0n) is 18.0. The van der Waals surface area contributed by atoms with E-state index < -0.39 is 11.6 Å². The summed E-state index contributed by atoms with van der Waals surface area (Å²) >= 11 is 19.9. The van der Waals surface area contributed by atoms with Crippen LogP contribution in [-0.4, -0.2) is 34.0 Å². The van der Waals surface area contributed by atoms with Gasteiger partial charge in [0.2, 0.25) is 11.8 Å². The first-order valence-corrected chi connectivity index (χ1v) is 12.1. The van der Waals surface area contributed by atoms with E-state index in [0.29, 0.717) is 20.8 Å². The highest BCUT2D eigenvalue weighted by Gasteiger charge is 2.28. The second-order valence-corrected chi connectivity index (χ2v) is 10.5. The van der Waals surface area contributed by atoms with Gasteiger partial charge in [0.05, 0.1) is 5.75 Å². The molecule has 31 heavy (non-hydrogen) atoms. The molecule has 0 spiro atoms. The second kappa shape index (κ2) is 11.5. The summed E-state index contributed by atoms with van der Waals surface area (Å²) in [4.78, 5) is 27.5. The smallest absolute Gasteiger partial charge is 0.242 e. The summed E-state index contributed by atoms with van der Waals surface area (Å²) in [6.07, 6.45) is 0. The topological polar surface area (TPSA) is 49.4 Å². The summed E-state index contributed by atoms with van der Waals surface area (Å²) in [6, 6.07) is 12.0. The van der Waals surface area contributed by atoms with Gasteiger partial charge in [-0.05, 0) is 57.0 Å². The predicted octanol–water partition coefficient (Wildman–Crippen LogP) is 6.21. The van der Waals surface area contributed by atoms with Gasteiger partial charge in [0, 0.05) is 32.9 Å². The van der Waals surface area contributed by atoms with Gasteiger partial charge in [-0.25, -0.2) is 0 Å². The largest absolute Gasteiger partial charge is 0.350 e. The molecule has 168 valence electrons. The monoisotopic (exact) mass is 500 g/mol. The average Bonchev–Trinajstić information content (AvgIpc) is 2.67. The third-order valence-electron chi connectivity index (χ3n) is 4.46. The summed E-state index contributed by atoms with van der Waals surface area (Å²) in [5, 5.41) is 4.64. The van der Waals surface area contributed by atoms with Gasteiger partial charge >= 0.3 is 0 Å². The Bertz CT molecular complexity index is 931. The SMILES string of the molecule is C[C@H](C(=O)NC(C)(C)C)N(Cc1ccccc1Cl)C(=O)CSCc1ccc(Cl)cc1Cl. The fourth-order valence-corrected chi connectivity index (χ4v) is 4.50. The molecule has 4 nitrogen and oxygen atoms in total. The highest BCUT2D eigenvalue weighted by molar-refractivity contribution is 7.99. The Labute approximate surface area is 203 Å². The van der Waals surface area contributed by atoms with Crippen LogP contribution in [0.1, 0.15) is 38.8 Å². The van der Waals surface area contributed by atoms with E-state index in [0.717, 1.165) is 11.1 Å². The molecule has 0 radical (unpaired) electrons. The first-order chi connectivity index (χ1) is 14.5. The number of halogens is 3. The van der Waals surface area contributed by atoms with Crippen molar-refractivity contribution in [2.75, 3.05) is 5.75 Å². The number of nitrogens with zero attached hydrogens (tertiary/aromatic N) is 1. The number of carbonyl (C=O) groups excluding carboxylic acids is 2. The minimum atomic E-state index is -0.650. The molecule has 2 rings (SSSR count). The van der Waals surface area contributed by atoms with E-state index in [-0.39, 0.29) is 24.1 Å². The number of hydrogen-bond donors (Lipinski definition) is 1. The van der Waals surface area contributed by atoms with Gasteiger partial charge in [-0.1, -0.05) is 59.1 Å². The van der Waals surface area contributed by atoms with Crippen LogP contribution in [0.15, 0.2) is 42.5 Å². The minimum Gasteiger partial charge on any atom is -0.350 e. The first-order valence-electron chi connectivity index (χ1n) is 9.84. The first kappa shape index (κ1) is 25.9. The zero-order chi connectivity index (χ0) is 23.2. The number of nitrogens with one attached hydrogen (secondary N) is 1. The quantitative estimate of drug-likeness (QED) is 0.468. The van der Waals surface area contributed by atoms with Gasteiger partial charge in [0.25, 0.3) is 0 Å². The van der Waals surface area contributed by atoms with Gasteiger partial charge in [0.1, 0.15) is 6.04 Å². The van der Waals surface area contributed by atoms with Gasteiger partial charge in [-0.15, -0.1) is 11.8 Å². The minimum absolute atomic E-state index is 0.147. The van der Waals surface area contributed by atoms with Gasteiger partial charge < -0.3 is 10.2 Å². The van der Waals surface area contributed by atoms with E-state index in [1.165, 1.54) is 11.8 Å². The molecule has 0 aliphatic carbocycles. The van der Waals surface area contributed by atoms with Crippen LogP contribution in [0.25, 0.3) is 0 Å². The third-order valence-corrected chi connectivity index (χ3v) is 6.38. The fourth-order valence-electron chi connectivity index (χ4n) is 2.84. The lowest BCUT2D eigenvalue weighted by Crippen LogP contribution is -2.52. The highest BCUT2D eigenvalue weighted by atomic mass is 35.5. The summed E-state index contributed by atoms with van der Waals surface area (Å²) in [5.41, 5.74) is 1.29. The van der Waals surface area contributed by atoms with Crippen molar-refractivity contribution in [3.8, 4) is 0 Å². The van der Waals surface area contributed by atoms with Crippen LogP contribution in [0.2, 0.25) is 15.1 Å². The molecule has 2 amide bonds. The molecule has 0 unspecified atom stereocenters. The molecule has 1 N–H and O–H groups in total. The molecule has 0 aliphatic rings. The Balaban J connectivity index is 2.13. The number of amides is 2. The maximum absolute atomic E-state index is 13.1. The normalized spacial score (nSPS) is 12.4. The molecule has 0 bridgehead atoms. The number of thioether (sulfide) groups is 1. The molecular weight excluding hydrogens is 475 g/mol. The molecule has 0 fully saturated rings. The fraction of sp³-hybridized carbons (Fsp3) is 0.391. The van der Waals surface area contributed by atoms with E-state index >= 15 is 0 Å². The average molecular weight is 502 g/mol. The van der Waals surface area contributed by atoms with Gasteiger partial charge in [-0.3, -0.25) is 9.59 Å². The molecule has 0 heterocycles. The molecule has 2 aromatic carbocycles. The third kappa shape index (κ3) is 8.23. The second-order valence-electron chi connectivity index (χ2n) is 8.26. The molecule has 0 aromatic heterocycles. The summed E-state index contributed by atoms with van der Waals surface area (Å²) in [6.45, 7) is 7.70.